The maximum absolute atomic E-state index is 13.3. The van der Waals surface area contributed by atoms with Gasteiger partial charge in [-0.15, -0.1) is 0 Å². The fraction of sp³-hybridized carbons (Fsp3) is 0.450. The Labute approximate surface area is 163 Å². The van der Waals surface area contributed by atoms with Crippen LogP contribution in [0.3, 0.4) is 0 Å². The summed E-state index contributed by atoms with van der Waals surface area (Å²) in [5, 5.41) is 3.00. The van der Waals surface area contributed by atoms with Crippen LogP contribution in [0.1, 0.15) is 47.3 Å². The quantitative estimate of drug-likeness (QED) is 0.873. The van der Waals surface area contributed by atoms with Crippen molar-refractivity contribution in [3.8, 4) is 0 Å². The van der Waals surface area contributed by atoms with Crippen LogP contribution in [0.4, 0.5) is 10.2 Å². The second-order valence-corrected chi connectivity index (χ2v) is 7.60. The summed E-state index contributed by atoms with van der Waals surface area (Å²) < 4.78 is 13.3. The molecule has 1 N–H and O–H groups in total. The van der Waals surface area contributed by atoms with Gasteiger partial charge in [0.25, 0.3) is 5.91 Å². The van der Waals surface area contributed by atoms with Gasteiger partial charge in [0.15, 0.2) is 0 Å². The Morgan fingerprint density at radius 1 is 1.19 bits per heavy atom. The molecule has 1 aliphatic heterocycles. The first kappa shape index (κ1) is 18.2. The number of carbonyl (C=O) groups is 1. The Balaban J connectivity index is 1.38. The number of aryl methyl sites for hydroxylation is 1. The van der Waals surface area contributed by atoms with E-state index in [1.165, 1.54) is 42.3 Å². The third-order valence-corrected chi connectivity index (χ3v) is 5.70. The molecule has 0 saturated carbocycles. The average Bonchev–Trinajstić information content (AvgIpc) is 2.70. The van der Waals surface area contributed by atoms with Crippen molar-refractivity contribution in [1.29, 1.82) is 0 Å². The van der Waals surface area contributed by atoms with Crippen molar-refractivity contribution in [1.82, 2.24) is 15.3 Å². The zero-order valence-corrected chi connectivity index (χ0v) is 15.8. The van der Waals surface area contributed by atoms with E-state index in [4.69, 9.17) is 11.6 Å². The first-order valence-electron chi connectivity index (χ1n) is 9.45. The Morgan fingerprint density at radius 2 is 1.96 bits per heavy atom. The first-order valence-corrected chi connectivity index (χ1v) is 9.83. The molecule has 142 valence electrons. The fourth-order valence-electron chi connectivity index (χ4n) is 3.92. The van der Waals surface area contributed by atoms with Crippen LogP contribution in [-0.4, -0.2) is 35.0 Å². The number of nitrogens with one attached hydrogen (secondary N) is 1. The summed E-state index contributed by atoms with van der Waals surface area (Å²) in [6.07, 6.45) is 7.85. The van der Waals surface area contributed by atoms with Gasteiger partial charge in [0, 0.05) is 36.0 Å². The number of piperidine rings is 1. The lowest BCUT2D eigenvalue weighted by Crippen LogP contribution is -2.45. The molecule has 2 aromatic rings. The summed E-state index contributed by atoms with van der Waals surface area (Å²) in [6, 6.07) is 4.14. The molecule has 0 unspecified atom stereocenters. The topological polar surface area (TPSA) is 58.1 Å². The van der Waals surface area contributed by atoms with Gasteiger partial charge in [0.1, 0.15) is 18.0 Å². The number of anilines is 1. The molecule has 5 nitrogen and oxygen atoms in total. The van der Waals surface area contributed by atoms with Gasteiger partial charge in [-0.3, -0.25) is 4.79 Å². The van der Waals surface area contributed by atoms with Gasteiger partial charge < -0.3 is 10.2 Å². The number of hydrogen-bond acceptors (Lipinski definition) is 4. The summed E-state index contributed by atoms with van der Waals surface area (Å²) in [7, 11) is 0. The summed E-state index contributed by atoms with van der Waals surface area (Å²) in [5.41, 5.74) is 2.87. The van der Waals surface area contributed by atoms with Gasteiger partial charge in [0.2, 0.25) is 0 Å². The van der Waals surface area contributed by atoms with E-state index in [0.29, 0.717) is 5.56 Å². The van der Waals surface area contributed by atoms with Gasteiger partial charge in [-0.05, 0) is 56.7 Å². The highest BCUT2D eigenvalue weighted by Crippen LogP contribution is 2.29. The lowest BCUT2D eigenvalue weighted by atomic mass is 9.95. The summed E-state index contributed by atoms with van der Waals surface area (Å²) in [5.74, 6) is 0.333. The number of benzene rings is 1. The van der Waals surface area contributed by atoms with E-state index in [0.717, 1.165) is 44.6 Å². The van der Waals surface area contributed by atoms with Crippen molar-refractivity contribution in [2.75, 3.05) is 18.0 Å². The summed E-state index contributed by atoms with van der Waals surface area (Å²) in [6.45, 7) is 1.69. The van der Waals surface area contributed by atoms with Crippen molar-refractivity contribution in [3.05, 3.63) is 52.2 Å². The van der Waals surface area contributed by atoms with Gasteiger partial charge in [-0.25, -0.2) is 14.4 Å². The van der Waals surface area contributed by atoms with E-state index in [9.17, 15) is 9.18 Å². The normalized spacial score (nSPS) is 17.5. The number of halogens is 2. The molecule has 1 aromatic heterocycles. The highest BCUT2D eigenvalue weighted by atomic mass is 35.5. The summed E-state index contributed by atoms with van der Waals surface area (Å²) in [4.78, 5) is 23.7. The Bertz CT molecular complexity index is 852. The minimum absolute atomic E-state index is 0.0361. The van der Waals surface area contributed by atoms with Crippen molar-refractivity contribution in [2.24, 2.45) is 0 Å². The highest BCUT2D eigenvalue weighted by Gasteiger charge is 2.25. The number of amides is 1. The largest absolute Gasteiger partial charge is 0.356 e. The molecule has 1 aromatic carbocycles. The van der Waals surface area contributed by atoms with Crippen molar-refractivity contribution >= 4 is 23.3 Å². The standard InChI is InChI=1S/C20H22ClFN4O/c21-16-11-13(5-6-17(16)22)20(27)25-14-7-9-26(10-8-14)19-15-3-1-2-4-18(15)23-12-24-19/h5-6,11-12,14H,1-4,7-10H2,(H,25,27). The minimum Gasteiger partial charge on any atom is -0.356 e. The van der Waals surface area contributed by atoms with Crippen molar-refractivity contribution in [3.63, 3.8) is 0 Å². The van der Waals surface area contributed by atoms with E-state index in [1.54, 1.807) is 6.33 Å². The predicted molar refractivity (Wildman–Crippen MR) is 103 cm³/mol. The molecule has 0 bridgehead atoms. The van der Waals surface area contributed by atoms with Gasteiger partial charge in [0.05, 0.1) is 5.02 Å². The molecular formula is C20H22ClFN4O. The number of rotatable bonds is 3. The lowest BCUT2D eigenvalue weighted by molar-refractivity contribution is 0.0931. The third kappa shape index (κ3) is 3.90. The second-order valence-electron chi connectivity index (χ2n) is 7.19. The maximum atomic E-state index is 13.3. The van der Waals surface area contributed by atoms with E-state index in [-0.39, 0.29) is 17.0 Å². The highest BCUT2D eigenvalue weighted by molar-refractivity contribution is 6.31. The van der Waals surface area contributed by atoms with E-state index < -0.39 is 5.82 Å². The molecule has 0 radical (unpaired) electrons. The van der Waals surface area contributed by atoms with Crippen LogP contribution in [0, 0.1) is 5.82 Å². The SMILES string of the molecule is O=C(NC1CCN(c2ncnc3c2CCCC3)CC1)c1ccc(F)c(Cl)c1. The molecule has 2 aliphatic rings. The average molecular weight is 389 g/mol. The maximum Gasteiger partial charge on any atom is 0.251 e. The molecule has 0 spiro atoms. The molecule has 7 heteroatoms. The number of carbonyl (C=O) groups excluding carboxylic acids is 1. The lowest BCUT2D eigenvalue weighted by Gasteiger charge is -2.35. The Kier molecular flexibility index (Phi) is 5.25. The zero-order chi connectivity index (χ0) is 18.8. The number of aromatic nitrogens is 2. The monoisotopic (exact) mass is 388 g/mol. The molecule has 1 fully saturated rings. The Morgan fingerprint density at radius 3 is 2.74 bits per heavy atom. The van der Waals surface area contributed by atoms with Crippen LogP contribution >= 0.6 is 11.6 Å². The van der Waals surface area contributed by atoms with Crippen LogP contribution in [0.2, 0.25) is 5.02 Å². The Hall–Kier alpha value is -2.21. The third-order valence-electron chi connectivity index (χ3n) is 5.41. The minimum atomic E-state index is -0.519. The van der Waals surface area contributed by atoms with Crippen LogP contribution in [0.15, 0.2) is 24.5 Å². The predicted octanol–water partition coefficient (Wildman–Crippen LogP) is 3.55. The summed E-state index contributed by atoms with van der Waals surface area (Å²) >= 11 is 5.77. The molecule has 4 rings (SSSR count). The van der Waals surface area contributed by atoms with Crippen LogP contribution in [0.25, 0.3) is 0 Å². The molecule has 27 heavy (non-hydrogen) atoms. The molecule has 2 heterocycles. The van der Waals surface area contributed by atoms with Crippen LogP contribution in [0.5, 0.6) is 0 Å². The van der Waals surface area contributed by atoms with E-state index in [2.05, 4.69) is 20.2 Å². The number of nitrogens with zero attached hydrogens (tertiary/aromatic N) is 3. The first-order chi connectivity index (χ1) is 13.1. The van der Waals surface area contributed by atoms with E-state index in [1.807, 2.05) is 0 Å². The fourth-order valence-corrected chi connectivity index (χ4v) is 4.10. The van der Waals surface area contributed by atoms with Crippen molar-refractivity contribution in [2.45, 2.75) is 44.6 Å². The van der Waals surface area contributed by atoms with Crippen molar-refractivity contribution < 1.29 is 9.18 Å². The number of fused-ring (bicyclic) bond motifs is 1. The van der Waals surface area contributed by atoms with Gasteiger partial charge in [-0.2, -0.15) is 0 Å². The zero-order valence-electron chi connectivity index (χ0n) is 15.0. The molecular weight excluding hydrogens is 367 g/mol. The van der Waals surface area contributed by atoms with E-state index >= 15 is 0 Å². The van der Waals surface area contributed by atoms with Crippen LogP contribution in [-0.2, 0) is 12.8 Å². The molecule has 1 aliphatic carbocycles. The molecule has 1 amide bonds. The molecule has 0 atom stereocenters. The van der Waals surface area contributed by atoms with Gasteiger partial charge in [-0.1, -0.05) is 11.6 Å². The second kappa shape index (κ2) is 7.80. The molecule has 1 saturated heterocycles. The van der Waals surface area contributed by atoms with Crippen LogP contribution < -0.4 is 10.2 Å². The smallest absolute Gasteiger partial charge is 0.251 e. The van der Waals surface area contributed by atoms with Gasteiger partial charge >= 0.3 is 0 Å². The number of hydrogen-bond donors (Lipinski definition) is 1.